The fourth-order valence-corrected chi connectivity index (χ4v) is 2.99. The quantitative estimate of drug-likeness (QED) is 0.524. The summed E-state index contributed by atoms with van der Waals surface area (Å²) in [5, 5.41) is 6.47. The first kappa shape index (κ1) is 21.0. The van der Waals surface area contributed by atoms with Gasteiger partial charge in [0.1, 0.15) is 5.58 Å². The van der Waals surface area contributed by atoms with Crippen molar-refractivity contribution in [3.8, 4) is 17.2 Å². The van der Waals surface area contributed by atoms with Gasteiger partial charge >= 0.3 is 0 Å². The number of para-hydroxylation sites is 1. The van der Waals surface area contributed by atoms with Crippen molar-refractivity contribution in [1.29, 1.82) is 0 Å². The second-order valence-corrected chi connectivity index (χ2v) is 6.43. The molecule has 2 amide bonds. The lowest BCUT2D eigenvalue weighted by Crippen LogP contribution is -2.29. The zero-order chi connectivity index (χ0) is 21.5. The van der Waals surface area contributed by atoms with Gasteiger partial charge in [-0.3, -0.25) is 9.59 Å². The van der Waals surface area contributed by atoms with Crippen LogP contribution >= 0.6 is 0 Å². The van der Waals surface area contributed by atoms with Crippen LogP contribution in [0.15, 0.2) is 46.9 Å². The second kappa shape index (κ2) is 9.69. The monoisotopic (exact) mass is 412 g/mol. The number of nitrogens with one attached hydrogen (secondary N) is 2. The lowest BCUT2D eigenvalue weighted by molar-refractivity contribution is 0.0927. The highest BCUT2D eigenvalue weighted by Crippen LogP contribution is 2.38. The Kier molecular flexibility index (Phi) is 6.79. The van der Waals surface area contributed by atoms with Gasteiger partial charge in [0.25, 0.3) is 11.8 Å². The Morgan fingerprint density at radius 3 is 2.10 bits per heavy atom. The third-order valence-corrected chi connectivity index (χ3v) is 4.50. The van der Waals surface area contributed by atoms with E-state index in [0.29, 0.717) is 47.9 Å². The van der Waals surface area contributed by atoms with Crippen molar-refractivity contribution in [3.63, 3.8) is 0 Å². The molecule has 0 saturated carbocycles. The molecule has 0 unspecified atom stereocenters. The summed E-state index contributed by atoms with van der Waals surface area (Å²) in [6, 6.07) is 12.3. The van der Waals surface area contributed by atoms with E-state index in [1.807, 2.05) is 24.3 Å². The summed E-state index contributed by atoms with van der Waals surface area (Å²) in [5.74, 6) is 0.919. The normalized spacial score (nSPS) is 10.5. The van der Waals surface area contributed by atoms with Gasteiger partial charge in [-0.1, -0.05) is 18.2 Å². The fraction of sp³-hybridized carbons (Fsp3) is 0.273. The average molecular weight is 412 g/mol. The van der Waals surface area contributed by atoms with Gasteiger partial charge in [0, 0.05) is 24.0 Å². The van der Waals surface area contributed by atoms with E-state index in [1.54, 1.807) is 18.2 Å². The van der Waals surface area contributed by atoms with Gasteiger partial charge in [-0.05, 0) is 30.7 Å². The number of amides is 2. The Labute approximate surface area is 174 Å². The molecule has 0 radical (unpaired) electrons. The number of furan rings is 1. The molecule has 3 aromatic rings. The first-order chi connectivity index (χ1) is 14.6. The van der Waals surface area contributed by atoms with E-state index in [1.165, 1.54) is 21.3 Å². The molecule has 8 heteroatoms. The van der Waals surface area contributed by atoms with Crippen molar-refractivity contribution in [3.05, 3.63) is 53.8 Å². The van der Waals surface area contributed by atoms with Gasteiger partial charge in [-0.15, -0.1) is 0 Å². The highest BCUT2D eigenvalue weighted by molar-refractivity contribution is 5.96. The maximum Gasteiger partial charge on any atom is 0.287 e. The van der Waals surface area contributed by atoms with Crippen LogP contribution in [0.4, 0.5) is 0 Å². The van der Waals surface area contributed by atoms with Crippen molar-refractivity contribution in [2.75, 3.05) is 34.4 Å². The molecule has 0 bridgehead atoms. The smallest absolute Gasteiger partial charge is 0.287 e. The van der Waals surface area contributed by atoms with Crippen LogP contribution in [-0.2, 0) is 0 Å². The SMILES string of the molecule is COc1cc(C(=O)NCCCNC(=O)c2cc3ccccc3o2)cc(OC)c1OC. The first-order valence-electron chi connectivity index (χ1n) is 9.42. The van der Waals surface area contributed by atoms with Crippen molar-refractivity contribution in [2.24, 2.45) is 0 Å². The zero-order valence-corrected chi connectivity index (χ0v) is 17.1. The Hall–Kier alpha value is -3.68. The standard InChI is InChI=1S/C22H24N2O6/c1-27-17-12-15(13-18(28-2)20(17)29-3)21(25)23-9-6-10-24-22(26)19-11-14-7-4-5-8-16(14)30-19/h4-5,7-8,11-13H,6,9-10H2,1-3H3,(H,23,25)(H,24,26). The van der Waals surface area contributed by atoms with E-state index in [0.717, 1.165) is 5.39 Å². The van der Waals surface area contributed by atoms with Gasteiger partial charge in [-0.25, -0.2) is 0 Å². The summed E-state index contributed by atoms with van der Waals surface area (Å²) in [4.78, 5) is 24.6. The minimum Gasteiger partial charge on any atom is -0.493 e. The van der Waals surface area contributed by atoms with Crippen LogP contribution in [0.5, 0.6) is 17.2 Å². The van der Waals surface area contributed by atoms with Crippen LogP contribution in [0.2, 0.25) is 0 Å². The molecule has 2 N–H and O–H groups in total. The first-order valence-corrected chi connectivity index (χ1v) is 9.42. The molecule has 2 aromatic carbocycles. The molecule has 0 fully saturated rings. The molecule has 0 saturated heterocycles. The molecule has 0 aliphatic rings. The topological polar surface area (TPSA) is 99.0 Å². The average Bonchev–Trinajstić information content (AvgIpc) is 3.21. The Bertz CT molecular complexity index is 985. The Balaban J connectivity index is 1.49. The summed E-state index contributed by atoms with van der Waals surface area (Å²) >= 11 is 0. The number of hydrogen-bond acceptors (Lipinski definition) is 6. The molecule has 1 aromatic heterocycles. The number of hydrogen-bond donors (Lipinski definition) is 2. The predicted molar refractivity (Wildman–Crippen MR) is 112 cm³/mol. The van der Waals surface area contributed by atoms with Crippen LogP contribution < -0.4 is 24.8 Å². The zero-order valence-electron chi connectivity index (χ0n) is 17.1. The number of rotatable bonds is 9. The summed E-state index contributed by atoms with van der Waals surface area (Å²) in [6.07, 6.45) is 0.558. The van der Waals surface area contributed by atoms with E-state index in [2.05, 4.69) is 10.6 Å². The molecule has 3 rings (SSSR count). The molecular formula is C22H24N2O6. The molecular weight excluding hydrogens is 388 g/mol. The molecule has 1 heterocycles. The van der Waals surface area contributed by atoms with E-state index < -0.39 is 0 Å². The lowest BCUT2D eigenvalue weighted by atomic mass is 10.1. The third kappa shape index (κ3) is 4.65. The number of methoxy groups -OCH3 is 3. The lowest BCUT2D eigenvalue weighted by Gasteiger charge is -2.14. The van der Waals surface area contributed by atoms with Crippen molar-refractivity contribution >= 4 is 22.8 Å². The molecule has 0 aliphatic heterocycles. The molecule has 158 valence electrons. The molecule has 8 nitrogen and oxygen atoms in total. The Morgan fingerprint density at radius 2 is 1.50 bits per heavy atom. The largest absolute Gasteiger partial charge is 0.493 e. The van der Waals surface area contributed by atoms with E-state index >= 15 is 0 Å². The van der Waals surface area contributed by atoms with E-state index in [4.69, 9.17) is 18.6 Å². The van der Waals surface area contributed by atoms with Gasteiger partial charge in [0.15, 0.2) is 17.3 Å². The van der Waals surface area contributed by atoms with Crippen molar-refractivity contribution in [1.82, 2.24) is 10.6 Å². The van der Waals surface area contributed by atoms with Crippen molar-refractivity contribution in [2.45, 2.75) is 6.42 Å². The van der Waals surface area contributed by atoms with Crippen LogP contribution in [0, 0.1) is 0 Å². The predicted octanol–water partition coefficient (Wildman–Crippen LogP) is 3.01. The summed E-state index contributed by atoms with van der Waals surface area (Å²) < 4.78 is 21.3. The fourth-order valence-electron chi connectivity index (χ4n) is 2.99. The summed E-state index contributed by atoms with van der Waals surface area (Å²) in [5.41, 5.74) is 1.05. The van der Waals surface area contributed by atoms with Crippen LogP contribution in [0.25, 0.3) is 11.0 Å². The minimum atomic E-state index is -0.290. The van der Waals surface area contributed by atoms with Crippen LogP contribution in [0.3, 0.4) is 0 Å². The number of benzene rings is 2. The molecule has 30 heavy (non-hydrogen) atoms. The highest BCUT2D eigenvalue weighted by atomic mass is 16.5. The summed E-state index contributed by atoms with van der Waals surface area (Å²) in [6.45, 7) is 0.779. The Morgan fingerprint density at radius 1 is 0.867 bits per heavy atom. The number of ether oxygens (including phenoxy) is 3. The van der Waals surface area contributed by atoms with Gasteiger partial charge < -0.3 is 29.3 Å². The number of carbonyl (C=O) groups is 2. The maximum absolute atomic E-state index is 12.4. The van der Waals surface area contributed by atoms with Gasteiger partial charge in [-0.2, -0.15) is 0 Å². The van der Waals surface area contributed by atoms with Gasteiger partial charge in [0.2, 0.25) is 5.75 Å². The van der Waals surface area contributed by atoms with Gasteiger partial charge in [0.05, 0.1) is 21.3 Å². The van der Waals surface area contributed by atoms with Crippen LogP contribution in [0.1, 0.15) is 27.3 Å². The highest BCUT2D eigenvalue weighted by Gasteiger charge is 2.17. The minimum absolute atomic E-state index is 0.262. The maximum atomic E-state index is 12.4. The molecule has 0 aliphatic carbocycles. The number of fused-ring (bicyclic) bond motifs is 1. The van der Waals surface area contributed by atoms with Crippen molar-refractivity contribution < 1.29 is 28.2 Å². The third-order valence-electron chi connectivity index (χ3n) is 4.50. The van der Waals surface area contributed by atoms with E-state index in [9.17, 15) is 9.59 Å². The molecule has 0 atom stereocenters. The molecule has 0 spiro atoms. The summed E-state index contributed by atoms with van der Waals surface area (Å²) in [7, 11) is 4.48. The van der Waals surface area contributed by atoms with Crippen LogP contribution in [-0.4, -0.2) is 46.2 Å². The number of carbonyl (C=O) groups excluding carboxylic acids is 2. The second-order valence-electron chi connectivity index (χ2n) is 6.43. The van der Waals surface area contributed by atoms with E-state index in [-0.39, 0.29) is 17.6 Å².